The van der Waals surface area contributed by atoms with Crippen LogP contribution in [0.25, 0.3) is 66.2 Å². The molecule has 212 valence electrons. The van der Waals surface area contributed by atoms with E-state index in [1.807, 2.05) is 0 Å². The largest absolute Gasteiger partial charge is 0.453 e. The molecule has 6 aromatic carbocycles. The van der Waals surface area contributed by atoms with Crippen molar-refractivity contribution in [2.24, 2.45) is 0 Å². The quantitative estimate of drug-likeness (QED) is 0.205. The van der Waals surface area contributed by atoms with Crippen molar-refractivity contribution in [3.05, 3.63) is 139 Å². The highest BCUT2D eigenvalue weighted by molar-refractivity contribution is 6.18. The Bertz CT molecular complexity index is 2530. The average molecular weight is 578 g/mol. The standard InChI is InChI=1S/C41H27N3O/c1-41(2)31-16-8-6-14-29(31)36-32(41)20-19-28-27-15-10-18-35(38(27)45-39(28)36)44-34-17-9-7-13-26(34)30-21-25(24-11-4-3-5-12-24)22-33-37(30)40(44)43-23-42-33/h3-23H,1-2H3. The highest BCUT2D eigenvalue weighted by Crippen LogP contribution is 2.55. The molecule has 0 unspecified atom stereocenters. The van der Waals surface area contributed by atoms with Crippen molar-refractivity contribution >= 4 is 50.0 Å². The van der Waals surface area contributed by atoms with E-state index in [9.17, 15) is 0 Å². The third kappa shape index (κ3) is 3.21. The molecule has 4 heteroatoms. The van der Waals surface area contributed by atoms with Gasteiger partial charge >= 0.3 is 0 Å². The van der Waals surface area contributed by atoms with Crippen molar-refractivity contribution in [3.63, 3.8) is 0 Å². The molecular formula is C41H27N3O. The van der Waals surface area contributed by atoms with E-state index in [2.05, 4.69) is 140 Å². The molecule has 45 heavy (non-hydrogen) atoms. The summed E-state index contributed by atoms with van der Waals surface area (Å²) in [6.45, 7) is 4.62. The second-order valence-electron chi connectivity index (χ2n) is 12.6. The predicted molar refractivity (Wildman–Crippen MR) is 183 cm³/mol. The van der Waals surface area contributed by atoms with Gasteiger partial charge in [0.2, 0.25) is 0 Å². The summed E-state index contributed by atoms with van der Waals surface area (Å²) in [4.78, 5) is 12.0. The summed E-state index contributed by atoms with van der Waals surface area (Å²) in [5, 5.41) is 3.27. The number of para-hydroxylation sites is 2. The molecule has 0 fully saturated rings. The molecule has 2 aliphatic rings. The van der Waals surface area contributed by atoms with E-state index in [4.69, 9.17) is 14.4 Å². The minimum Gasteiger partial charge on any atom is -0.453 e. The first-order valence-corrected chi connectivity index (χ1v) is 15.4. The van der Waals surface area contributed by atoms with Crippen LogP contribution in [-0.4, -0.2) is 9.97 Å². The molecule has 0 saturated heterocycles. The highest BCUT2D eigenvalue weighted by Gasteiger charge is 2.38. The van der Waals surface area contributed by atoms with Crippen molar-refractivity contribution in [1.29, 1.82) is 0 Å². The lowest BCUT2D eigenvalue weighted by Crippen LogP contribution is -2.17. The molecule has 0 amide bonds. The zero-order valence-corrected chi connectivity index (χ0v) is 24.9. The van der Waals surface area contributed by atoms with Crippen LogP contribution in [0, 0.1) is 0 Å². The van der Waals surface area contributed by atoms with Crippen LogP contribution in [0.3, 0.4) is 0 Å². The maximum absolute atomic E-state index is 7.02. The van der Waals surface area contributed by atoms with Crippen molar-refractivity contribution in [3.8, 4) is 33.4 Å². The maximum Gasteiger partial charge on any atom is 0.159 e. The lowest BCUT2D eigenvalue weighted by atomic mass is 9.82. The first kappa shape index (κ1) is 24.7. The predicted octanol–water partition coefficient (Wildman–Crippen LogP) is 11.0. The number of benzene rings is 6. The molecule has 0 spiro atoms. The summed E-state index contributed by atoms with van der Waals surface area (Å²) in [6, 6.07) is 43.3. The van der Waals surface area contributed by atoms with Gasteiger partial charge in [-0.3, -0.25) is 4.90 Å². The van der Waals surface area contributed by atoms with Gasteiger partial charge < -0.3 is 4.42 Å². The van der Waals surface area contributed by atoms with E-state index < -0.39 is 0 Å². The molecule has 8 aromatic rings. The van der Waals surface area contributed by atoms with Crippen LogP contribution >= 0.6 is 0 Å². The van der Waals surface area contributed by atoms with Gasteiger partial charge in [-0.15, -0.1) is 0 Å². The summed E-state index contributed by atoms with van der Waals surface area (Å²) in [5.41, 5.74) is 14.4. The molecule has 1 aliphatic carbocycles. The van der Waals surface area contributed by atoms with Crippen LogP contribution in [0.1, 0.15) is 25.0 Å². The fourth-order valence-electron chi connectivity index (χ4n) is 7.81. The monoisotopic (exact) mass is 577 g/mol. The van der Waals surface area contributed by atoms with Gasteiger partial charge in [0.05, 0.1) is 22.3 Å². The second kappa shape index (κ2) is 8.67. The van der Waals surface area contributed by atoms with Crippen molar-refractivity contribution < 1.29 is 4.42 Å². The van der Waals surface area contributed by atoms with Crippen LogP contribution < -0.4 is 4.90 Å². The molecular weight excluding hydrogens is 550 g/mol. The number of aromatic nitrogens is 2. The van der Waals surface area contributed by atoms with Gasteiger partial charge in [0.1, 0.15) is 17.7 Å². The molecule has 10 rings (SSSR count). The van der Waals surface area contributed by atoms with E-state index in [1.54, 1.807) is 6.33 Å². The summed E-state index contributed by atoms with van der Waals surface area (Å²) in [5.74, 6) is 0.859. The zero-order chi connectivity index (χ0) is 29.9. The number of furan rings is 1. The Morgan fingerprint density at radius 2 is 1.33 bits per heavy atom. The Morgan fingerprint density at radius 1 is 0.578 bits per heavy atom. The van der Waals surface area contributed by atoms with E-state index >= 15 is 0 Å². The lowest BCUT2D eigenvalue weighted by Gasteiger charge is -2.32. The van der Waals surface area contributed by atoms with Gasteiger partial charge in [0.15, 0.2) is 5.58 Å². The number of hydrogen-bond acceptors (Lipinski definition) is 4. The number of nitrogens with zero attached hydrogens (tertiary/aromatic N) is 3. The van der Waals surface area contributed by atoms with Gasteiger partial charge in [-0.25, -0.2) is 9.97 Å². The zero-order valence-electron chi connectivity index (χ0n) is 24.9. The van der Waals surface area contributed by atoms with Gasteiger partial charge in [0, 0.05) is 27.3 Å². The molecule has 2 aromatic heterocycles. The molecule has 1 aliphatic heterocycles. The van der Waals surface area contributed by atoms with Gasteiger partial charge in [-0.1, -0.05) is 111 Å². The maximum atomic E-state index is 7.02. The fourth-order valence-corrected chi connectivity index (χ4v) is 7.81. The van der Waals surface area contributed by atoms with E-state index in [0.29, 0.717) is 0 Å². The minimum atomic E-state index is -0.0946. The normalized spacial score (nSPS) is 14.1. The van der Waals surface area contributed by atoms with Crippen molar-refractivity contribution in [1.82, 2.24) is 9.97 Å². The topological polar surface area (TPSA) is 42.2 Å². The molecule has 3 heterocycles. The summed E-state index contributed by atoms with van der Waals surface area (Å²) in [6.07, 6.45) is 1.68. The first-order chi connectivity index (χ1) is 22.1. The smallest absolute Gasteiger partial charge is 0.159 e. The van der Waals surface area contributed by atoms with Crippen LogP contribution in [0.4, 0.5) is 17.2 Å². The molecule has 0 bridgehead atoms. The van der Waals surface area contributed by atoms with Crippen LogP contribution in [0.2, 0.25) is 0 Å². The lowest BCUT2D eigenvalue weighted by molar-refractivity contribution is 0.653. The summed E-state index contributed by atoms with van der Waals surface area (Å²) >= 11 is 0. The minimum absolute atomic E-state index is 0.0946. The molecule has 0 atom stereocenters. The van der Waals surface area contributed by atoms with Gasteiger partial charge in [-0.2, -0.15) is 0 Å². The van der Waals surface area contributed by atoms with Crippen molar-refractivity contribution in [2.45, 2.75) is 19.3 Å². The third-order valence-electron chi connectivity index (χ3n) is 9.90. The van der Waals surface area contributed by atoms with E-state index in [-0.39, 0.29) is 5.41 Å². The molecule has 4 nitrogen and oxygen atoms in total. The fraction of sp³-hybridized carbons (Fsp3) is 0.0732. The molecule has 0 saturated carbocycles. The Kier molecular flexibility index (Phi) is 4.76. The molecule has 0 N–H and O–H groups in total. The Hall–Kier alpha value is -5.74. The third-order valence-corrected chi connectivity index (χ3v) is 9.90. The number of fused-ring (bicyclic) bond motifs is 9. The Labute approximate surface area is 260 Å². The Balaban J connectivity index is 1.26. The second-order valence-corrected chi connectivity index (χ2v) is 12.6. The first-order valence-electron chi connectivity index (χ1n) is 15.4. The van der Waals surface area contributed by atoms with Crippen LogP contribution in [0.5, 0.6) is 0 Å². The Morgan fingerprint density at radius 3 is 2.22 bits per heavy atom. The van der Waals surface area contributed by atoms with Crippen LogP contribution in [-0.2, 0) is 5.41 Å². The SMILES string of the molecule is CC1(C)c2ccccc2-c2c1ccc1c2oc2c(N3c4ccccc4-c4cc(-c5ccccc5)cc5ncnc3c45)cccc21. The van der Waals surface area contributed by atoms with E-state index in [0.717, 1.165) is 66.7 Å². The average Bonchev–Trinajstić information content (AvgIpc) is 3.58. The van der Waals surface area contributed by atoms with Crippen LogP contribution in [0.15, 0.2) is 132 Å². The molecule has 0 radical (unpaired) electrons. The number of hydrogen-bond donors (Lipinski definition) is 0. The van der Waals surface area contributed by atoms with Gasteiger partial charge in [0.25, 0.3) is 0 Å². The summed E-state index contributed by atoms with van der Waals surface area (Å²) < 4.78 is 7.02. The number of anilines is 3. The van der Waals surface area contributed by atoms with E-state index in [1.165, 1.54) is 27.8 Å². The van der Waals surface area contributed by atoms with Crippen molar-refractivity contribution in [2.75, 3.05) is 4.90 Å². The van der Waals surface area contributed by atoms with Gasteiger partial charge in [-0.05, 0) is 57.6 Å². The highest BCUT2D eigenvalue weighted by atomic mass is 16.3. The number of rotatable bonds is 2. The summed E-state index contributed by atoms with van der Waals surface area (Å²) in [7, 11) is 0.